The predicted octanol–water partition coefficient (Wildman–Crippen LogP) is 4.14. The molecule has 0 unspecified atom stereocenters. The Morgan fingerprint density at radius 2 is 1.58 bits per heavy atom. The van der Waals surface area contributed by atoms with Crippen molar-refractivity contribution in [3.05, 3.63) is 95.6 Å². The van der Waals surface area contributed by atoms with E-state index in [1.807, 2.05) is 30.3 Å². The van der Waals surface area contributed by atoms with Gasteiger partial charge in [0.15, 0.2) is 6.61 Å². The first-order chi connectivity index (χ1) is 17.9. The van der Waals surface area contributed by atoms with Gasteiger partial charge in [-0.15, -0.1) is 0 Å². The van der Waals surface area contributed by atoms with Gasteiger partial charge >= 0.3 is 5.97 Å². The van der Waals surface area contributed by atoms with Crippen LogP contribution in [0.25, 0.3) is 0 Å². The van der Waals surface area contributed by atoms with E-state index < -0.39 is 27.5 Å². The number of amides is 1. The van der Waals surface area contributed by atoms with Gasteiger partial charge in [0, 0.05) is 0 Å². The fraction of sp³-hybridized carbons (Fsp3) is 0.250. The third-order valence-electron chi connectivity index (χ3n) is 5.02. The number of hydrazone groups is 1. The number of nitrogens with one attached hydrogen (secondary N) is 1. The highest BCUT2D eigenvalue weighted by atomic mass is 32.2. The molecular formula is C28H31N3O6S. The predicted molar refractivity (Wildman–Crippen MR) is 147 cm³/mol. The van der Waals surface area contributed by atoms with Crippen LogP contribution in [0.5, 0.6) is 5.75 Å². The van der Waals surface area contributed by atoms with E-state index in [1.54, 1.807) is 69.3 Å². The van der Waals surface area contributed by atoms with Gasteiger partial charge < -0.3 is 9.47 Å². The molecule has 0 aliphatic heterocycles. The molecule has 3 aromatic carbocycles. The average molecular weight is 538 g/mol. The molecule has 0 saturated heterocycles. The zero-order valence-electron chi connectivity index (χ0n) is 21.7. The smallest absolute Gasteiger partial charge is 0.344 e. The monoisotopic (exact) mass is 537 g/mol. The van der Waals surface area contributed by atoms with E-state index >= 15 is 0 Å². The maximum atomic E-state index is 12.9. The summed E-state index contributed by atoms with van der Waals surface area (Å²) >= 11 is 0. The molecule has 0 bridgehead atoms. The maximum absolute atomic E-state index is 12.9. The Kier molecular flexibility index (Phi) is 9.25. The van der Waals surface area contributed by atoms with E-state index in [1.165, 1.54) is 10.5 Å². The minimum absolute atomic E-state index is 0.0789. The Balaban J connectivity index is 1.66. The Hall–Kier alpha value is -4.18. The molecule has 0 heterocycles. The van der Waals surface area contributed by atoms with Crippen LogP contribution in [-0.4, -0.2) is 45.0 Å². The van der Waals surface area contributed by atoms with Crippen LogP contribution in [0.4, 0.5) is 5.69 Å². The lowest BCUT2D eigenvalue weighted by atomic mass is 10.1. The van der Waals surface area contributed by atoms with Crippen molar-refractivity contribution in [2.45, 2.75) is 32.9 Å². The fourth-order valence-corrected chi connectivity index (χ4v) is 4.30. The molecule has 38 heavy (non-hydrogen) atoms. The Morgan fingerprint density at radius 3 is 2.21 bits per heavy atom. The summed E-state index contributed by atoms with van der Waals surface area (Å²) in [5, 5.41) is 4.00. The minimum atomic E-state index is -3.69. The molecule has 1 N–H and O–H groups in total. The van der Waals surface area contributed by atoms with Gasteiger partial charge in [-0.25, -0.2) is 18.6 Å². The normalized spacial score (nSPS) is 11.7. The van der Waals surface area contributed by atoms with Crippen LogP contribution in [-0.2, 0) is 26.1 Å². The first-order valence-corrected chi connectivity index (χ1v) is 13.7. The summed E-state index contributed by atoms with van der Waals surface area (Å²) < 4.78 is 37.1. The highest BCUT2D eigenvalue weighted by Crippen LogP contribution is 2.25. The van der Waals surface area contributed by atoms with E-state index in [2.05, 4.69) is 10.5 Å². The number of rotatable bonds is 10. The quantitative estimate of drug-likeness (QED) is 0.236. The SMILES string of the molecule is CC(C)(C)OC(=O)COc1ccc(/C=N/NC(=O)c2ccccc2N(Cc2ccccc2)S(C)(=O)=O)cc1. The van der Waals surface area contributed by atoms with Crippen molar-refractivity contribution in [1.82, 2.24) is 5.43 Å². The summed E-state index contributed by atoms with van der Waals surface area (Å²) in [5.74, 6) is -0.550. The highest BCUT2D eigenvalue weighted by molar-refractivity contribution is 7.92. The van der Waals surface area contributed by atoms with Gasteiger partial charge in [-0.3, -0.25) is 9.10 Å². The summed E-state index contributed by atoms with van der Waals surface area (Å²) in [6, 6.07) is 22.3. The topological polar surface area (TPSA) is 114 Å². The lowest BCUT2D eigenvalue weighted by Crippen LogP contribution is -2.32. The van der Waals surface area contributed by atoms with Crippen LogP contribution >= 0.6 is 0 Å². The molecule has 0 aliphatic carbocycles. The van der Waals surface area contributed by atoms with Gasteiger partial charge in [0.2, 0.25) is 10.0 Å². The number of hydrogen-bond acceptors (Lipinski definition) is 7. The number of benzene rings is 3. The summed E-state index contributed by atoms with van der Waals surface area (Å²) in [6.45, 7) is 5.21. The van der Waals surface area contributed by atoms with Crippen LogP contribution in [0.3, 0.4) is 0 Å². The number of para-hydroxylation sites is 1. The molecule has 0 fully saturated rings. The number of nitrogens with zero attached hydrogens (tertiary/aromatic N) is 2. The number of esters is 1. The second-order valence-electron chi connectivity index (χ2n) is 9.42. The molecule has 0 spiro atoms. The van der Waals surface area contributed by atoms with Crippen molar-refractivity contribution in [2.24, 2.45) is 5.10 Å². The lowest BCUT2D eigenvalue weighted by molar-refractivity contribution is -0.157. The number of ether oxygens (including phenoxy) is 2. The first kappa shape index (κ1) is 28.4. The molecule has 0 radical (unpaired) electrons. The fourth-order valence-electron chi connectivity index (χ4n) is 3.40. The molecular weight excluding hydrogens is 506 g/mol. The van der Waals surface area contributed by atoms with E-state index in [4.69, 9.17) is 9.47 Å². The van der Waals surface area contributed by atoms with Gasteiger partial charge in [0.25, 0.3) is 5.91 Å². The summed E-state index contributed by atoms with van der Waals surface area (Å²) in [6.07, 6.45) is 2.54. The van der Waals surface area contributed by atoms with Crippen LogP contribution < -0.4 is 14.5 Å². The average Bonchev–Trinajstić information content (AvgIpc) is 2.86. The van der Waals surface area contributed by atoms with Crippen LogP contribution in [0, 0.1) is 0 Å². The standard InChI is InChI=1S/C28H31N3O6S/c1-28(2,3)37-26(32)20-36-23-16-14-21(15-17-23)18-29-30-27(33)24-12-8-9-13-25(24)31(38(4,34)35)19-22-10-6-5-7-11-22/h5-18H,19-20H2,1-4H3,(H,30,33)/b29-18+. The van der Waals surface area contributed by atoms with Crippen LogP contribution in [0.2, 0.25) is 0 Å². The van der Waals surface area contributed by atoms with E-state index in [0.717, 1.165) is 11.8 Å². The lowest BCUT2D eigenvalue weighted by Gasteiger charge is -2.24. The van der Waals surface area contributed by atoms with Crippen molar-refractivity contribution in [3.8, 4) is 5.75 Å². The third-order valence-corrected chi connectivity index (χ3v) is 6.15. The van der Waals surface area contributed by atoms with Gasteiger partial charge in [0.1, 0.15) is 11.4 Å². The summed E-state index contributed by atoms with van der Waals surface area (Å²) in [4.78, 5) is 24.7. The largest absolute Gasteiger partial charge is 0.482 e. The summed E-state index contributed by atoms with van der Waals surface area (Å²) in [7, 11) is -3.69. The number of carbonyl (C=O) groups is 2. The molecule has 3 rings (SSSR count). The number of hydrogen-bond donors (Lipinski definition) is 1. The van der Waals surface area contributed by atoms with Crippen LogP contribution in [0.15, 0.2) is 84.0 Å². The van der Waals surface area contributed by atoms with Gasteiger partial charge in [0.05, 0.1) is 30.3 Å². The molecule has 0 saturated carbocycles. The zero-order valence-corrected chi connectivity index (χ0v) is 22.6. The molecule has 200 valence electrons. The van der Waals surface area contributed by atoms with Gasteiger partial charge in [-0.05, 0) is 68.3 Å². The van der Waals surface area contributed by atoms with Crippen molar-refractivity contribution in [1.29, 1.82) is 0 Å². The third kappa shape index (κ3) is 8.74. The number of anilines is 1. The van der Waals surface area contributed by atoms with Crippen LogP contribution in [0.1, 0.15) is 42.3 Å². The van der Waals surface area contributed by atoms with E-state index in [0.29, 0.717) is 11.3 Å². The molecule has 9 nitrogen and oxygen atoms in total. The minimum Gasteiger partial charge on any atom is -0.482 e. The van der Waals surface area contributed by atoms with Gasteiger partial charge in [-0.1, -0.05) is 42.5 Å². The maximum Gasteiger partial charge on any atom is 0.344 e. The Morgan fingerprint density at radius 1 is 0.947 bits per heavy atom. The number of carbonyl (C=O) groups excluding carboxylic acids is 2. The van der Waals surface area contributed by atoms with E-state index in [9.17, 15) is 18.0 Å². The Bertz CT molecular complexity index is 1380. The molecule has 0 atom stereocenters. The molecule has 3 aromatic rings. The molecule has 0 aliphatic rings. The number of sulfonamides is 1. The molecule has 0 aromatic heterocycles. The molecule has 10 heteroatoms. The van der Waals surface area contributed by atoms with Crippen molar-refractivity contribution >= 4 is 33.8 Å². The summed E-state index contributed by atoms with van der Waals surface area (Å²) in [5.41, 5.74) is 3.73. The second-order valence-corrected chi connectivity index (χ2v) is 11.3. The first-order valence-electron chi connectivity index (χ1n) is 11.8. The highest BCUT2D eigenvalue weighted by Gasteiger charge is 2.23. The second kappa shape index (κ2) is 12.4. The Labute approximate surface area is 223 Å². The molecule has 1 amide bonds. The zero-order chi connectivity index (χ0) is 27.8. The van der Waals surface area contributed by atoms with Crippen molar-refractivity contribution < 1.29 is 27.5 Å². The van der Waals surface area contributed by atoms with Crippen molar-refractivity contribution in [2.75, 3.05) is 17.2 Å². The van der Waals surface area contributed by atoms with Gasteiger partial charge in [-0.2, -0.15) is 5.10 Å². The van der Waals surface area contributed by atoms with Crippen molar-refractivity contribution in [3.63, 3.8) is 0 Å². The van der Waals surface area contributed by atoms with E-state index in [-0.39, 0.29) is 24.4 Å².